The number of hydrogen-bond acceptors (Lipinski definition) is 1. The Hall–Kier alpha value is -0.373. The molecule has 0 aromatic rings. The summed E-state index contributed by atoms with van der Waals surface area (Å²) in [5.74, 6) is 1.49. The quantitative estimate of drug-likeness (QED) is 0.671. The zero-order valence-corrected chi connectivity index (χ0v) is 12.5. The molecule has 0 aromatic carbocycles. The van der Waals surface area contributed by atoms with Crippen LogP contribution in [0.2, 0.25) is 19.6 Å². The molecule has 1 rings (SSSR count). The first-order chi connectivity index (χ1) is 7.36. The summed E-state index contributed by atoms with van der Waals surface area (Å²) in [6.45, 7) is 11.6. The second-order valence-corrected chi connectivity index (χ2v) is 11.4. The molecule has 0 heterocycles. The minimum Gasteiger partial charge on any atom is -0.299 e. The molecule has 0 aromatic heterocycles. The number of hydrogen-bond donors (Lipinski definition) is 0. The Bertz CT molecular complexity index is 286. The molecule has 92 valence electrons. The number of ketones is 1. The van der Waals surface area contributed by atoms with Gasteiger partial charge >= 0.3 is 0 Å². The first kappa shape index (κ1) is 13.7. The predicted molar refractivity (Wildman–Crippen MR) is 73.2 cm³/mol. The highest BCUT2D eigenvalue weighted by Gasteiger charge is 2.32. The Morgan fingerprint density at radius 1 is 1.44 bits per heavy atom. The molecule has 0 radical (unpaired) electrons. The van der Waals surface area contributed by atoms with Crippen LogP contribution < -0.4 is 0 Å². The average molecular weight is 238 g/mol. The van der Waals surface area contributed by atoms with Gasteiger partial charge in [-0.1, -0.05) is 44.3 Å². The van der Waals surface area contributed by atoms with E-state index in [0.717, 1.165) is 25.7 Å². The van der Waals surface area contributed by atoms with E-state index in [-0.39, 0.29) is 0 Å². The smallest absolute Gasteiger partial charge is 0.136 e. The zero-order chi connectivity index (χ0) is 12.3. The highest BCUT2D eigenvalue weighted by molar-refractivity contribution is 6.82. The summed E-state index contributed by atoms with van der Waals surface area (Å²) in [5.41, 5.74) is 0. The molecule has 0 N–H and O–H groups in total. The van der Waals surface area contributed by atoms with Crippen LogP contribution in [0, 0.1) is 11.8 Å². The number of rotatable bonds is 4. The van der Waals surface area contributed by atoms with Crippen molar-refractivity contribution < 1.29 is 4.79 Å². The zero-order valence-electron chi connectivity index (χ0n) is 11.5. The van der Waals surface area contributed by atoms with Gasteiger partial charge in [-0.3, -0.25) is 4.79 Å². The van der Waals surface area contributed by atoms with Crippen LogP contribution in [0.15, 0.2) is 11.3 Å². The SMILES string of the molecule is CC[C@H]1CCC(=O)[C@@H]1C/C=C(\C)[Si](C)(C)C. The molecule has 0 saturated heterocycles. The van der Waals surface area contributed by atoms with Crippen molar-refractivity contribution in [3.8, 4) is 0 Å². The van der Waals surface area contributed by atoms with Crippen molar-refractivity contribution in [1.29, 1.82) is 0 Å². The lowest BCUT2D eigenvalue weighted by molar-refractivity contribution is -0.121. The van der Waals surface area contributed by atoms with Gasteiger partial charge in [0.2, 0.25) is 0 Å². The molecule has 16 heavy (non-hydrogen) atoms. The fourth-order valence-electron chi connectivity index (χ4n) is 2.40. The Kier molecular flexibility index (Phi) is 4.54. The van der Waals surface area contributed by atoms with Crippen molar-refractivity contribution >= 4 is 13.9 Å². The summed E-state index contributed by atoms with van der Waals surface area (Å²) in [4.78, 5) is 11.8. The lowest BCUT2D eigenvalue weighted by atomic mass is 9.90. The maximum absolute atomic E-state index is 11.8. The van der Waals surface area contributed by atoms with E-state index >= 15 is 0 Å². The summed E-state index contributed by atoms with van der Waals surface area (Å²) < 4.78 is 0. The topological polar surface area (TPSA) is 17.1 Å². The Morgan fingerprint density at radius 2 is 2.06 bits per heavy atom. The summed E-state index contributed by atoms with van der Waals surface area (Å²) in [6.07, 6.45) is 6.45. The number of carbonyl (C=O) groups is 1. The predicted octanol–water partition coefficient (Wildman–Crippen LogP) is 4.21. The molecule has 2 atom stereocenters. The van der Waals surface area contributed by atoms with Gasteiger partial charge in [0, 0.05) is 12.3 Å². The highest BCUT2D eigenvalue weighted by atomic mass is 28.3. The summed E-state index contributed by atoms with van der Waals surface area (Å²) in [5, 5.41) is 1.54. The van der Waals surface area contributed by atoms with Crippen LogP contribution in [0.1, 0.15) is 39.5 Å². The monoisotopic (exact) mass is 238 g/mol. The molecule has 1 aliphatic carbocycles. The minimum atomic E-state index is -1.14. The first-order valence-corrected chi connectivity index (χ1v) is 10.1. The maximum atomic E-state index is 11.8. The maximum Gasteiger partial charge on any atom is 0.136 e. The fourth-order valence-corrected chi connectivity index (χ4v) is 3.13. The van der Waals surface area contributed by atoms with Crippen molar-refractivity contribution in [2.24, 2.45) is 11.8 Å². The molecule has 0 aliphatic heterocycles. The van der Waals surface area contributed by atoms with E-state index in [0.29, 0.717) is 17.6 Å². The number of carbonyl (C=O) groups excluding carboxylic acids is 1. The molecule has 0 amide bonds. The van der Waals surface area contributed by atoms with Crippen molar-refractivity contribution in [3.63, 3.8) is 0 Å². The third kappa shape index (κ3) is 3.31. The molecule has 1 saturated carbocycles. The molecular weight excluding hydrogens is 212 g/mol. The molecule has 0 spiro atoms. The molecule has 1 nitrogen and oxygen atoms in total. The largest absolute Gasteiger partial charge is 0.299 e. The Labute approximate surface area is 101 Å². The van der Waals surface area contributed by atoms with Gasteiger partial charge in [0.15, 0.2) is 0 Å². The van der Waals surface area contributed by atoms with Crippen LogP contribution in [-0.4, -0.2) is 13.9 Å². The average Bonchev–Trinajstić information content (AvgIpc) is 2.54. The van der Waals surface area contributed by atoms with Crippen molar-refractivity contribution in [2.45, 2.75) is 59.2 Å². The molecule has 0 unspecified atom stereocenters. The molecular formula is C14H26OSi. The molecule has 1 fully saturated rings. The first-order valence-electron chi connectivity index (χ1n) is 6.56. The lowest BCUT2D eigenvalue weighted by Crippen LogP contribution is -2.22. The van der Waals surface area contributed by atoms with Crippen molar-refractivity contribution in [3.05, 3.63) is 11.3 Å². The summed E-state index contributed by atoms with van der Waals surface area (Å²) in [6, 6.07) is 0. The number of allylic oxidation sites excluding steroid dienone is 2. The second kappa shape index (κ2) is 5.31. The fraction of sp³-hybridized carbons (Fsp3) is 0.786. The van der Waals surface area contributed by atoms with Gasteiger partial charge in [-0.2, -0.15) is 0 Å². The number of Topliss-reactive ketones (excluding diaryl/α,β-unsaturated/α-hetero) is 1. The molecule has 0 bridgehead atoms. The van der Waals surface area contributed by atoms with Crippen molar-refractivity contribution in [2.75, 3.05) is 0 Å². The molecule has 1 aliphatic rings. The highest BCUT2D eigenvalue weighted by Crippen LogP contribution is 2.34. The Morgan fingerprint density at radius 3 is 2.56 bits per heavy atom. The van der Waals surface area contributed by atoms with E-state index in [9.17, 15) is 4.79 Å². The van der Waals surface area contributed by atoms with Crippen LogP contribution in [0.25, 0.3) is 0 Å². The van der Waals surface area contributed by atoms with Gasteiger partial charge in [0.25, 0.3) is 0 Å². The normalized spacial score (nSPS) is 27.6. The van der Waals surface area contributed by atoms with Crippen LogP contribution in [-0.2, 0) is 4.79 Å². The second-order valence-electron chi connectivity index (χ2n) is 6.15. The van der Waals surface area contributed by atoms with E-state index < -0.39 is 8.07 Å². The third-order valence-electron chi connectivity index (χ3n) is 4.13. The Balaban J connectivity index is 2.63. The minimum absolute atomic E-state index is 0.330. The molecule has 2 heteroatoms. The van der Waals surface area contributed by atoms with Crippen LogP contribution in [0.4, 0.5) is 0 Å². The van der Waals surface area contributed by atoms with E-state index in [4.69, 9.17) is 0 Å². The van der Waals surface area contributed by atoms with E-state index in [1.165, 1.54) is 0 Å². The van der Waals surface area contributed by atoms with Gasteiger partial charge in [0.05, 0.1) is 8.07 Å². The van der Waals surface area contributed by atoms with E-state index in [1.807, 2.05) is 0 Å². The standard InChI is InChI=1S/C14H26OSi/c1-6-12-8-10-14(15)13(12)9-7-11(2)16(3,4)5/h7,12-13H,6,8-10H2,1-5H3/b11-7+/t12-,13+/m0/s1. The summed E-state index contributed by atoms with van der Waals surface area (Å²) >= 11 is 0. The van der Waals surface area contributed by atoms with Gasteiger partial charge in [-0.25, -0.2) is 0 Å². The summed E-state index contributed by atoms with van der Waals surface area (Å²) in [7, 11) is -1.14. The van der Waals surface area contributed by atoms with Crippen LogP contribution in [0.5, 0.6) is 0 Å². The van der Waals surface area contributed by atoms with Gasteiger partial charge in [0.1, 0.15) is 5.78 Å². The van der Waals surface area contributed by atoms with Gasteiger partial charge in [-0.15, -0.1) is 0 Å². The van der Waals surface area contributed by atoms with E-state index in [1.54, 1.807) is 5.20 Å². The van der Waals surface area contributed by atoms with Crippen LogP contribution >= 0.6 is 0 Å². The van der Waals surface area contributed by atoms with Crippen LogP contribution in [0.3, 0.4) is 0 Å². The van der Waals surface area contributed by atoms with Gasteiger partial charge < -0.3 is 0 Å². The third-order valence-corrected chi connectivity index (χ3v) is 6.70. The van der Waals surface area contributed by atoms with Crippen molar-refractivity contribution in [1.82, 2.24) is 0 Å². The van der Waals surface area contributed by atoms with Gasteiger partial charge in [-0.05, 0) is 25.7 Å². The van der Waals surface area contributed by atoms with E-state index in [2.05, 4.69) is 39.6 Å². The lowest BCUT2D eigenvalue weighted by Gasteiger charge is -2.19.